The minimum atomic E-state index is 0.659. The van der Waals surface area contributed by atoms with Crippen LogP contribution in [-0.2, 0) is 6.54 Å². The average molecular weight is 281 g/mol. The van der Waals surface area contributed by atoms with Gasteiger partial charge in [-0.05, 0) is 50.1 Å². The van der Waals surface area contributed by atoms with E-state index in [2.05, 4.69) is 49.4 Å². The van der Waals surface area contributed by atoms with E-state index in [9.17, 15) is 0 Å². The largest absolute Gasteiger partial charge is 0.467 e. The van der Waals surface area contributed by atoms with Gasteiger partial charge in [-0.15, -0.1) is 0 Å². The van der Waals surface area contributed by atoms with Crippen molar-refractivity contribution in [1.82, 2.24) is 9.78 Å². The van der Waals surface area contributed by atoms with Crippen LogP contribution >= 0.6 is 0 Å². The Hall–Kier alpha value is -2.49. The molecule has 0 aliphatic heterocycles. The number of benzene rings is 1. The molecule has 0 fully saturated rings. The van der Waals surface area contributed by atoms with E-state index in [4.69, 9.17) is 4.42 Å². The minimum absolute atomic E-state index is 0.659. The third-order valence-corrected chi connectivity index (χ3v) is 3.64. The molecule has 0 saturated heterocycles. The first kappa shape index (κ1) is 13.5. The molecule has 1 aromatic carbocycles. The predicted molar refractivity (Wildman–Crippen MR) is 83.8 cm³/mol. The molecule has 0 amide bonds. The zero-order valence-corrected chi connectivity index (χ0v) is 12.6. The summed E-state index contributed by atoms with van der Waals surface area (Å²) >= 11 is 0. The lowest BCUT2D eigenvalue weighted by molar-refractivity contribution is 0.518. The molecule has 3 aromatic rings. The number of nitrogens with zero attached hydrogens (tertiary/aromatic N) is 2. The summed E-state index contributed by atoms with van der Waals surface area (Å²) in [5.74, 6) is 0.911. The van der Waals surface area contributed by atoms with Gasteiger partial charge in [0.25, 0.3) is 0 Å². The van der Waals surface area contributed by atoms with Gasteiger partial charge in [-0.2, -0.15) is 5.10 Å². The summed E-state index contributed by atoms with van der Waals surface area (Å²) in [7, 11) is 0. The predicted octanol–water partition coefficient (Wildman–Crippen LogP) is 4.00. The molecule has 0 aliphatic rings. The molecule has 0 aliphatic carbocycles. The standard InChI is InChI=1S/C17H19N3O/c1-12-6-7-13(2)17(9-12)20-14(3)16(11-19-20)18-10-15-5-4-8-21-15/h4-9,11,18H,10H2,1-3H3. The van der Waals surface area contributed by atoms with Crippen molar-refractivity contribution in [3.8, 4) is 5.69 Å². The summed E-state index contributed by atoms with van der Waals surface area (Å²) in [6, 6.07) is 10.3. The number of hydrogen-bond donors (Lipinski definition) is 1. The molecule has 0 spiro atoms. The van der Waals surface area contributed by atoms with Gasteiger partial charge in [-0.25, -0.2) is 4.68 Å². The maximum absolute atomic E-state index is 5.33. The third-order valence-electron chi connectivity index (χ3n) is 3.64. The molecule has 0 saturated carbocycles. The van der Waals surface area contributed by atoms with Gasteiger partial charge in [-0.1, -0.05) is 12.1 Å². The van der Waals surface area contributed by atoms with Crippen LogP contribution in [0.4, 0.5) is 5.69 Å². The van der Waals surface area contributed by atoms with Crippen LogP contribution in [0.25, 0.3) is 5.69 Å². The Balaban J connectivity index is 1.86. The van der Waals surface area contributed by atoms with Crippen molar-refractivity contribution in [3.63, 3.8) is 0 Å². The first-order chi connectivity index (χ1) is 10.1. The van der Waals surface area contributed by atoms with E-state index < -0.39 is 0 Å². The summed E-state index contributed by atoms with van der Waals surface area (Å²) in [6.07, 6.45) is 3.55. The van der Waals surface area contributed by atoms with E-state index in [0.29, 0.717) is 6.54 Å². The number of aromatic nitrogens is 2. The van der Waals surface area contributed by atoms with Gasteiger partial charge in [0.2, 0.25) is 0 Å². The summed E-state index contributed by atoms with van der Waals surface area (Å²) in [6.45, 7) is 6.93. The van der Waals surface area contributed by atoms with Crippen LogP contribution in [0.5, 0.6) is 0 Å². The molecule has 2 heterocycles. The molecule has 1 N–H and O–H groups in total. The lowest BCUT2D eigenvalue weighted by Gasteiger charge is -2.10. The van der Waals surface area contributed by atoms with Crippen LogP contribution < -0.4 is 5.32 Å². The Labute approximate surface area is 124 Å². The second-order valence-corrected chi connectivity index (χ2v) is 5.28. The van der Waals surface area contributed by atoms with Crippen molar-refractivity contribution in [2.75, 3.05) is 5.32 Å². The Morgan fingerprint density at radius 2 is 2.05 bits per heavy atom. The number of aryl methyl sites for hydroxylation is 2. The van der Waals surface area contributed by atoms with Gasteiger partial charge in [0.05, 0.1) is 36.1 Å². The molecule has 0 radical (unpaired) electrons. The lowest BCUT2D eigenvalue weighted by atomic mass is 10.1. The summed E-state index contributed by atoms with van der Waals surface area (Å²) in [5, 5.41) is 7.87. The Bertz CT molecular complexity index is 741. The van der Waals surface area contributed by atoms with Gasteiger partial charge >= 0.3 is 0 Å². The first-order valence-electron chi connectivity index (χ1n) is 7.03. The molecule has 2 aromatic heterocycles. The van der Waals surface area contributed by atoms with Crippen molar-refractivity contribution in [2.45, 2.75) is 27.3 Å². The highest BCUT2D eigenvalue weighted by Crippen LogP contribution is 2.22. The van der Waals surface area contributed by atoms with E-state index in [0.717, 1.165) is 22.8 Å². The zero-order chi connectivity index (χ0) is 14.8. The second-order valence-electron chi connectivity index (χ2n) is 5.28. The SMILES string of the molecule is Cc1ccc(C)c(-n2ncc(NCc3ccco3)c2C)c1. The maximum atomic E-state index is 5.33. The fraction of sp³-hybridized carbons (Fsp3) is 0.235. The van der Waals surface area contributed by atoms with Crippen LogP contribution in [0, 0.1) is 20.8 Å². The molecule has 4 nitrogen and oxygen atoms in total. The number of hydrogen-bond acceptors (Lipinski definition) is 3. The Kier molecular flexibility index (Phi) is 3.52. The monoisotopic (exact) mass is 281 g/mol. The number of anilines is 1. The second kappa shape index (κ2) is 5.48. The molecular formula is C17H19N3O. The zero-order valence-electron chi connectivity index (χ0n) is 12.6. The summed E-state index contributed by atoms with van der Waals surface area (Å²) in [4.78, 5) is 0. The van der Waals surface area contributed by atoms with Crippen LogP contribution in [0.15, 0.2) is 47.2 Å². The van der Waals surface area contributed by atoms with E-state index in [1.807, 2.05) is 23.0 Å². The lowest BCUT2D eigenvalue weighted by Crippen LogP contribution is -2.03. The van der Waals surface area contributed by atoms with E-state index in [-0.39, 0.29) is 0 Å². The smallest absolute Gasteiger partial charge is 0.122 e. The van der Waals surface area contributed by atoms with Crippen molar-refractivity contribution >= 4 is 5.69 Å². The molecule has 108 valence electrons. The highest BCUT2D eigenvalue weighted by molar-refractivity contribution is 5.52. The number of nitrogens with one attached hydrogen (secondary N) is 1. The van der Waals surface area contributed by atoms with Crippen LogP contribution in [0.3, 0.4) is 0 Å². The van der Waals surface area contributed by atoms with Crippen LogP contribution in [-0.4, -0.2) is 9.78 Å². The Morgan fingerprint density at radius 1 is 1.19 bits per heavy atom. The van der Waals surface area contributed by atoms with Crippen molar-refractivity contribution in [3.05, 3.63) is 65.4 Å². The third kappa shape index (κ3) is 2.70. The maximum Gasteiger partial charge on any atom is 0.122 e. The molecule has 21 heavy (non-hydrogen) atoms. The molecule has 4 heteroatoms. The van der Waals surface area contributed by atoms with Crippen molar-refractivity contribution in [1.29, 1.82) is 0 Å². The molecular weight excluding hydrogens is 262 g/mol. The highest BCUT2D eigenvalue weighted by Gasteiger charge is 2.10. The highest BCUT2D eigenvalue weighted by atomic mass is 16.3. The number of rotatable bonds is 4. The summed E-state index contributed by atoms with van der Waals surface area (Å²) in [5.41, 5.74) is 5.68. The first-order valence-corrected chi connectivity index (χ1v) is 7.03. The van der Waals surface area contributed by atoms with Gasteiger partial charge in [0, 0.05) is 0 Å². The fourth-order valence-electron chi connectivity index (χ4n) is 2.37. The Morgan fingerprint density at radius 3 is 2.81 bits per heavy atom. The van der Waals surface area contributed by atoms with Crippen LogP contribution in [0.2, 0.25) is 0 Å². The minimum Gasteiger partial charge on any atom is -0.467 e. The van der Waals surface area contributed by atoms with Gasteiger partial charge in [0.15, 0.2) is 0 Å². The molecule has 0 atom stereocenters. The topological polar surface area (TPSA) is 43.0 Å². The van der Waals surface area contributed by atoms with Gasteiger partial charge < -0.3 is 9.73 Å². The van der Waals surface area contributed by atoms with E-state index in [1.54, 1.807) is 6.26 Å². The fourth-order valence-corrected chi connectivity index (χ4v) is 2.37. The molecule has 0 bridgehead atoms. The molecule has 0 unspecified atom stereocenters. The van der Waals surface area contributed by atoms with E-state index in [1.165, 1.54) is 11.1 Å². The summed E-state index contributed by atoms with van der Waals surface area (Å²) < 4.78 is 7.31. The van der Waals surface area contributed by atoms with Crippen molar-refractivity contribution < 1.29 is 4.42 Å². The van der Waals surface area contributed by atoms with Gasteiger partial charge in [0.1, 0.15) is 5.76 Å². The normalized spacial score (nSPS) is 10.8. The quantitative estimate of drug-likeness (QED) is 0.786. The van der Waals surface area contributed by atoms with Gasteiger partial charge in [-0.3, -0.25) is 0 Å². The average Bonchev–Trinajstić information content (AvgIpc) is 3.09. The van der Waals surface area contributed by atoms with Crippen LogP contribution in [0.1, 0.15) is 22.6 Å². The number of furan rings is 1. The van der Waals surface area contributed by atoms with E-state index >= 15 is 0 Å². The van der Waals surface area contributed by atoms with Crippen molar-refractivity contribution in [2.24, 2.45) is 0 Å². The molecule has 3 rings (SSSR count).